The Labute approximate surface area is 192 Å². The summed E-state index contributed by atoms with van der Waals surface area (Å²) in [6.07, 6.45) is 0.347. The quantitative estimate of drug-likeness (QED) is 0.444. The molecule has 0 aliphatic rings. The molecular weight excluding hydrogens is 445 g/mol. The Morgan fingerprint density at radius 1 is 0.879 bits per heavy atom. The highest BCUT2D eigenvalue weighted by atomic mass is 32.2. The van der Waals surface area contributed by atoms with Crippen LogP contribution in [0.25, 0.3) is 0 Å². The highest BCUT2D eigenvalue weighted by Crippen LogP contribution is 2.18. The average Bonchev–Trinajstić information content (AvgIpc) is 2.79. The number of amides is 2. The molecule has 0 spiro atoms. The van der Waals surface area contributed by atoms with Crippen molar-refractivity contribution >= 4 is 33.2 Å². The number of halogens is 1. The first-order valence-corrected chi connectivity index (χ1v) is 11.8. The number of hydrogen-bond acceptors (Lipinski definition) is 4. The number of benzene rings is 3. The predicted octanol–water partition coefficient (Wildman–Crippen LogP) is 3.70. The van der Waals surface area contributed by atoms with E-state index in [1.54, 1.807) is 61.5 Å². The summed E-state index contributed by atoms with van der Waals surface area (Å²) in [6.45, 7) is 1.72. The van der Waals surface area contributed by atoms with Crippen molar-refractivity contribution in [1.82, 2.24) is 4.72 Å². The van der Waals surface area contributed by atoms with Gasteiger partial charge in [-0.1, -0.05) is 55.5 Å². The lowest BCUT2D eigenvalue weighted by Gasteiger charge is -2.19. The normalized spacial score (nSPS) is 12.1. The van der Waals surface area contributed by atoms with Crippen LogP contribution in [0.2, 0.25) is 0 Å². The number of carbonyl (C=O) groups is 2. The number of hydrogen-bond donors (Lipinski definition) is 3. The third-order valence-electron chi connectivity index (χ3n) is 4.76. The highest BCUT2D eigenvalue weighted by molar-refractivity contribution is 7.89. The van der Waals surface area contributed by atoms with Crippen LogP contribution in [0.1, 0.15) is 18.9 Å². The van der Waals surface area contributed by atoms with E-state index in [4.69, 9.17) is 0 Å². The van der Waals surface area contributed by atoms with Gasteiger partial charge in [-0.3, -0.25) is 9.59 Å². The van der Waals surface area contributed by atoms with Gasteiger partial charge < -0.3 is 10.6 Å². The van der Waals surface area contributed by atoms with Gasteiger partial charge in [0.15, 0.2) is 0 Å². The van der Waals surface area contributed by atoms with Gasteiger partial charge in [-0.05, 0) is 42.3 Å². The van der Waals surface area contributed by atoms with E-state index in [2.05, 4.69) is 15.4 Å². The van der Waals surface area contributed by atoms with Gasteiger partial charge in [0.2, 0.25) is 21.8 Å². The molecule has 1 atom stereocenters. The summed E-state index contributed by atoms with van der Waals surface area (Å²) in [5.41, 5.74) is 1.58. The SMILES string of the molecule is CCC(=O)Nc1cccc(NC(=O)C(Cc2ccccc2)NS(=O)(=O)c2ccccc2F)c1. The number of rotatable bonds is 9. The van der Waals surface area contributed by atoms with Gasteiger partial charge in [0.05, 0.1) is 0 Å². The Morgan fingerprint density at radius 2 is 1.52 bits per heavy atom. The molecule has 3 rings (SSSR count). The van der Waals surface area contributed by atoms with Gasteiger partial charge in [-0.15, -0.1) is 0 Å². The van der Waals surface area contributed by atoms with Crippen LogP contribution in [0.3, 0.4) is 0 Å². The lowest BCUT2D eigenvalue weighted by molar-refractivity contribution is -0.118. The van der Waals surface area contributed by atoms with Crippen molar-refractivity contribution in [1.29, 1.82) is 0 Å². The van der Waals surface area contributed by atoms with Gasteiger partial charge in [-0.25, -0.2) is 12.8 Å². The first-order chi connectivity index (χ1) is 15.8. The van der Waals surface area contributed by atoms with E-state index < -0.39 is 32.7 Å². The van der Waals surface area contributed by atoms with Crippen LogP contribution in [0.4, 0.5) is 15.8 Å². The molecule has 0 saturated heterocycles. The van der Waals surface area contributed by atoms with Crippen molar-refractivity contribution < 1.29 is 22.4 Å². The molecule has 3 aromatic rings. The lowest BCUT2D eigenvalue weighted by atomic mass is 10.1. The molecule has 1 unspecified atom stereocenters. The van der Waals surface area contributed by atoms with E-state index >= 15 is 0 Å². The molecule has 3 N–H and O–H groups in total. The fraction of sp³-hybridized carbons (Fsp3) is 0.167. The van der Waals surface area contributed by atoms with Crippen LogP contribution in [-0.4, -0.2) is 26.3 Å². The molecule has 7 nitrogen and oxygen atoms in total. The van der Waals surface area contributed by atoms with Crippen LogP contribution < -0.4 is 15.4 Å². The molecule has 0 aromatic heterocycles. The van der Waals surface area contributed by atoms with Crippen LogP contribution in [0, 0.1) is 5.82 Å². The van der Waals surface area contributed by atoms with Crippen molar-refractivity contribution in [2.45, 2.75) is 30.7 Å². The summed E-state index contributed by atoms with van der Waals surface area (Å²) in [4.78, 5) is 24.2. The molecule has 0 saturated carbocycles. The Balaban J connectivity index is 1.85. The molecule has 0 aliphatic carbocycles. The van der Waals surface area contributed by atoms with Gasteiger partial charge in [0, 0.05) is 17.8 Å². The zero-order valence-corrected chi connectivity index (χ0v) is 18.7. The summed E-state index contributed by atoms with van der Waals surface area (Å²) in [6, 6.07) is 19.1. The zero-order valence-electron chi connectivity index (χ0n) is 17.9. The molecule has 0 bridgehead atoms. The Bertz CT molecular complexity index is 1230. The van der Waals surface area contributed by atoms with Crippen molar-refractivity contribution in [2.24, 2.45) is 0 Å². The minimum atomic E-state index is -4.32. The monoisotopic (exact) mass is 469 g/mol. The molecule has 9 heteroatoms. The van der Waals surface area contributed by atoms with Gasteiger partial charge in [-0.2, -0.15) is 4.72 Å². The lowest BCUT2D eigenvalue weighted by Crippen LogP contribution is -2.45. The number of nitrogens with one attached hydrogen (secondary N) is 3. The molecular formula is C24H24FN3O4S. The Kier molecular flexibility index (Phi) is 7.92. The fourth-order valence-electron chi connectivity index (χ4n) is 3.10. The first-order valence-electron chi connectivity index (χ1n) is 10.3. The van der Waals surface area contributed by atoms with Gasteiger partial charge in [0.25, 0.3) is 0 Å². The molecule has 3 aromatic carbocycles. The van der Waals surface area contributed by atoms with E-state index in [1.165, 1.54) is 12.1 Å². The Morgan fingerprint density at radius 3 is 2.18 bits per heavy atom. The number of sulfonamides is 1. The maximum absolute atomic E-state index is 14.1. The van der Waals surface area contributed by atoms with Crippen LogP contribution in [0.15, 0.2) is 83.8 Å². The van der Waals surface area contributed by atoms with Crippen LogP contribution in [0.5, 0.6) is 0 Å². The van der Waals surface area contributed by atoms with Crippen LogP contribution in [-0.2, 0) is 26.0 Å². The van der Waals surface area contributed by atoms with E-state index in [9.17, 15) is 22.4 Å². The molecule has 172 valence electrons. The Hall–Kier alpha value is -3.56. The standard InChI is InChI=1S/C24H24FN3O4S/c1-2-23(29)26-18-11-8-12-19(16-18)27-24(30)21(15-17-9-4-3-5-10-17)28-33(31,32)22-14-7-6-13-20(22)25/h3-14,16,21,28H,2,15H2,1H3,(H,26,29)(H,27,30). The molecule has 0 fully saturated rings. The summed E-state index contributed by atoms with van der Waals surface area (Å²) in [5.74, 6) is -1.72. The predicted molar refractivity (Wildman–Crippen MR) is 125 cm³/mol. The van der Waals surface area contributed by atoms with Crippen molar-refractivity contribution in [2.75, 3.05) is 10.6 Å². The van der Waals surface area contributed by atoms with Gasteiger partial charge in [0.1, 0.15) is 16.8 Å². The third kappa shape index (κ3) is 6.71. The van der Waals surface area contributed by atoms with E-state index in [0.717, 1.165) is 17.7 Å². The molecule has 0 aliphatic heterocycles. The van der Waals surface area contributed by atoms with Crippen molar-refractivity contribution in [3.8, 4) is 0 Å². The van der Waals surface area contributed by atoms with Crippen molar-refractivity contribution in [3.63, 3.8) is 0 Å². The smallest absolute Gasteiger partial charge is 0.244 e. The summed E-state index contributed by atoms with van der Waals surface area (Å²) in [7, 11) is -4.32. The molecule has 2 amide bonds. The second kappa shape index (κ2) is 10.8. The summed E-state index contributed by atoms with van der Waals surface area (Å²) >= 11 is 0. The summed E-state index contributed by atoms with van der Waals surface area (Å²) < 4.78 is 42.1. The minimum absolute atomic E-state index is 0.0482. The minimum Gasteiger partial charge on any atom is -0.326 e. The van der Waals surface area contributed by atoms with Crippen LogP contribution >= 0.6 is 0 Å². The highest BCUT2D eigenvalue weighted by Gasteiger charge is 2.28. The molecule has 0 radical (unpaired) electrons. The number of carbonyl (C=O) groups excluding carboxylic acids is 2. The van der Waals surface area contributed by atoms with E-state index in [0.29, 0.717) is 17.8 Å². The van der Waals surface area contributed by atoms with Gasteiger partial charge >= 0.3 is 0 Å². The second-order valence-electron chi connectivity index (χ2n) is 7.27. The second-order valence-corrected chi connectivity index (χ2v) is 8.95. The maximum atomic E-state index is 14.1. The van der Waals surface area contributed by atoms with E-state index in [1.807, 2.05) is 0 Å². The fourth-order valence-corrected chi connectivity index (χ4v) is 4.38. The molecule has 33 heavy (non-hydrogen) atoms. The maximum Gasteiger partial charge on any atom is 0.244 e. The largest absolute Gasteiger partial charge is 0.326 e. The van der Waals surface area contributed by atoms with Crippen molar-refractivity contribution in [3.05, 3.63) is 90.2 Å². The topological polar surface area (TPSA) is 104 Å². The summed E-state index contributed by atoms with van der Waals surface area (Å²) in [5, 5.41) is 5.37. The number of anilines is 2. The average molecular weight is 470 g/mol. The first kappa shape index (κ1) is 24.1. The molecule has 0 heterocycles. The van der Waals surface area contributed by atoms with E-state index in [-0.39, 0.29) is 12.3 Å². The zero-order chi connectivity index (χ0) is 23.8. The third-order valence-corrected chi connectivity index (χ3v) is 6.26.